The van der Waals surface area contributed by atoms with E-state index in [0.29, 0.717) is 43.7 Å². The van der Waals surface area contributed by atoms with Crippen LogP contribution in [0.15, 0.2) is 11.6 Å². The van der Waals surface area contributed by atoms with E-state index in [9.17, 15) is 0 Å². The Hall–Kier alpha value is -0.420. The highest BCUT2D eigenvalue weighted by Gasteiger charge is 2.73. The van der Waals surface area contributed by atoms with Gasteiger partial charge < -0.3 is 18.9 Å². The Morgan fingerprint density at radius 2 is 1.62 bits per heavy atom. The molecule has 6 atom stereocenters. The zero-order valence-corrected chi connectivity index (χ0v) is 18.3. The first-order valence-electron chi connectivity index (χ1n) is 12.3. The minimum absolute atomic E-state index is 0.127. The summed E-state index contributed by atoms with van der Waals surface area (Å²) in [7, 11) is 0. The molecule has 4 nitrogen and oxygen atoms in total. The summed E-state index contributed by atoms with van der Waals surface area (Å²) < 4.78 is 25.8. The van der Waals surface area contributed by atoms with Crippen LogP contribution in [0.25, 0.3) is 0 Å². The van der Waals surface area contributed by atoms with Crippen molar-refractivity contribution in [3.8, 4) is 0 Å². The molecule has 1 spiro atoms. The summed E-state index contributed by atoms with van der Waals surface area (Å²) in [6.07, 6.45) is 13.8. The van der Waals surface area contributed by atoms with Gasteiger partial charge in [0.2, 0.25) is 0 Å². The fourth-order valence-corrected chi connectivity index (χ4v) is 9.22. The van der Waals surface area contributed by atoms with E-state index in [1.165, 1.54) is 44.9 Å². The third kappa shape index (κ3) is 2.41. The highest BCUT2D eigenvalue weighted by molar-refractivity contribution is 5.23. The van der Waals surface area contributed by atoms with Gasteiger partial charge in [-0.2, -0.15) is 0 Å². The van der Waals surface area contributed by atoms with Crippen molar-refractivity contribution >= 4 is 0 Å². The average Bonchev–Trinajstić information content (AvgIpc) is 2.91. The monoisotopic (exact) mass is 402 g/mol. The summed E-state index contributed by atoms with van der Waals surface area (Å²) in [6, 6.07) is 0. The van der Waals surface area contributed by atoms with Gasteiger partial charge in [-0.1, -0.05) is 31.4 Å². The van der Waals surface area contributed by atoms with Crippen molar-refractivity contribution in [1.29, 1.82) is 0 Å². The fraction of sp³-hybridized carbons (Fsp3) is 0.920. The van der Waals surface area contributed by atoms with Crippen molar-refractivity contribution < 1.29 is 18.9 Å². The van der Waals surface area contributed by atoms with E-state index >= 15 is 0 Å². The molecular weight excluding hydrogens is 364 g/mol. The van der Waals surface area contributed by atoms with Gasteiger partial charge in [-0.3, -0.25) is 0 Å². The molecule has 0 aromatic heterocycles. The molecule has 6 fully saturated rings. The third-order valence-electron chi connectivity index (χ3n) is 10.2. The number of fused-ring (bicyclic) bond motifs is 4. The van der Waals surface area contributed by atoms with Gasteiger partial charge in [0.15, 0.2) is 12.1 Å². The second kappa shape index (κ2) is 6.79. The molecule has 6 rings (SSSR count). The van der Waals surface area contributed by atoms with Gasteiger partial charge in [-0.25, -0.2) is 0 Å². The van der Waals surface area contributed by atoms with Crippen LogP contribution in [0.4, 0.5) is 0 Å². The van der Waals surface area contributed by atoms with Crippen molar-refractivity contribution in [3.05, 3.63) is 11.6 Å². The smallest absolute Gasteiger partial charge is 0.179 e. The van der Waals surface area contributed by atoms with Gasteiger partial charge in [0.1, 0.15) is 0 Å². The van der Waals surface area contributed by atoms with Crippen LogP contribution in [0.2, 0.25) is 0 Å². The number of ether oxygens (including phenoxy) is 4. The lowest BCUT2D eigenvalue weighted by molar-refractivity contribution is -0.318. The Balaban J connectivity index is 1.44. The first kappa shape index (κ1) is 19.3. The van der Waals surface area contributed by atoms with Crippen LogP contribution in [0.1, 0.15) is 71.6 Å². The van der Waals surface area contributed by atoms with E-state index in [-0.39, 0.29) is 11.7 Å². The molecule has 2 saturated heterocycles. The van der Waals surface area contributed by atoms with Gasteiger partial charge in [-0.05, 0) is 74.5 Å². The fourth-order valence-electron chi connectivity index (χ4n) is 9.22. The highest BCUT2D eigenvalue weighted by atomic mass is 16.8. The van der Waals surface area contributed by atoms with Crippen molar-refractivity contribution in [1.82, 2.24) is 0 Å². The molecule has 162 valence electrons. The summed E-state index contributed by atoms with van der Waals surface area (Å²) in [5, 5.41) is 0. The molecule has 0 N–H and O–H groups in total. The predicted molar refractivity (Wildman–Crippen MR) is 110 cm³/mol. The molecule has 0 aromatic rings. The Morgan fingerprint density at radius 1 is 0.862 bits per heavy atom. The van der Waals surface area contributed by atoms with Gasteiger partial charge >= 0.3 is 0 Å². The Kier molecular flexibility index (Phi) is 4.51. The maximum absolute atomic E-state index is 6.55. The van der Waals surface area contributed by atoms with Crippen molar-refractivity contribution in [2.75, 3.05) is 26.4 Å². The van der Waals surface area contributed by atoms with Crippen LogP contribution in [0.5, 0.6) is 0 Å². The van der Waals surface area contributed by atoms with Crippen molar-refractivity contribution in [3.63, 3.8) is 0 Å². The summed E-state index contributed by atoms with van der Waals surface area (Å²) in [6.45, 7) is 7.42. The first-order valence-corrected chi connectivity index (χ1v) is 12.3. The lowest BCUT2D eigenvalue weighted by atomic mass is 9.43. The van der Waals surface area contributed by atoms with Gasteiger partial charge in [0.25, 0.3) is 0 Å². The maximum Gasteiger partial charge on any atom is 0.179 e. The third-order valence-corrected chi connectivity index (χ3v) is 10.2. The minimum atomic E-state index is -0.485. The second-order valence-corrected chi connectivity index (χ2v) is 10.9. The van der Waals surface area contributed by atoms with Crippen molar-refractivity contribution in [2.45, 2.75) is 83.7 Å². The molecule has 4 aliphatic carbocycles. The Bertz CT molecular complexity index is 676. The molecule has 4 saturated carbocycles. The van der Waals surface area contributed by atoms with Gasteiger partial charge in [0.05, 0.1) is 31.8 Å². The Labute approximate surface area is 175 Å². The molecule has 0 aromatic carbocycles. The maximum atomic E-state index is 6.55. The van der Waals surface area contributed by atoms with Crippen LogP contribution in [0, 0.1) is 34.5 Å². The number of rotatable bonds is 0. The average molecular weight is 403 g/mol. The van der Waals surface area contributed by atoms with Crippen LogP contribution in [-0.4, -0.2) is 38.5 Å². The van der Waals surface area contributed by atoms with E-state index < -0.39 is 5.79 Å². The van der Waals surface area contributed by atoms with Crippen LogP contribution in [-0.2, 0) is 18.9 Å². The molecule has 0 amide bonds. The molecule has 2 aliphatic heterocycles. The quantitative estimate of drug-likeness (QED) is 0.530. The summed E-state index contributed by atoms with van der Waals surface area (Å²) in [5.74, 6) is 2.45. The molecule has 0 unspecified atom stereocenters. The van der Waals surface area contributed by atoms with E-state index in [1.807, 2.05) is 0 Å². The molecule has 29 heavy (non-hydrogen) atoms. The summed E-state index contributed by atoms with van der Waals surface area (Å²) in [4.78, 5) is 0. The number of hydrogen-bond acceptors (Lipinski definition) is 4. The molecule has 4 heteroatoms. The molecule has 0 radical (unpaired) electrons. The largest absolute Gasteiger partial charge is 0.349 e. The molecule has 2 bridgehead atoms. The van der Waals surface area contributed by atoms with Crippen LogP contribution >= 0.6 is 0 Å². The zero-order valence-electron chi connectivity index (χ0n) is 18.3. The first-order chi connectivity index (χ1) is 14.1. The minimum Gasteiger partial charge on any atom is -0.349 e. The van der Waals surface area contributed by atoms with Crippen LogP contribution < -0.4 is 0 Å². The second-order valence-electron chi connectivity index (χ2n) is 10.9. The van der Waals surface area contributed by atoms with E-state index in [0.717, 1.165) is 24.7 Å². The standard InChI is InChI=1S/C25H38O4/c1-3-17-16-18-20(23(2)9-5-4-6-19(17)23)7-10-24-21(18)8-11-25(24)28-14-12-26-22(24)27-13-15-29-25/h3,18-22H,4-16H2,1-2H3/b17-3+/t18-,19-,20+,21+,22?,23+,24+,25?/m1/s1. The van der Waals surface area contributed by atoms with Gasteiger partial charge in [-0.15, -0.1) is 0 Å². The predicted octanol–water partition coefficient (Wildman–Crippen LogP) is 5.07. The molecular formula is C25H38O4. The topological polar surface area (TPSA) is 36.9 Å². The molecule has 6 aliphatic rings. The normalized spacial score (nSPS) is 55.8. The summed E-state index contributed by atoms with van der Waals surface area (Å²) >= 11 is 0. The number of allylic oxidation sites excluding steroid dienone is 2. The Morgan fingerprint density at radius 3 is 2.38 bits per heavy atom. The van der Waals surface area contributed by atoms with E-state index in [2.05, 4.69) is 19.9 Å². The van der Waals surface area contributed by atoms with Gasteiger partial charge in [0, 0.05) is 6.42 Å². The summed E-state index contributed by atoms with van der Waals surface area (Å²) in [5.41, 5.74) is 2.09. The lowest BCUT2D eigenvalue weighted by Crippen LogP contribution is -2.62. The van der Waals surface area contributed by atoms with E-state index in [1.54, 1.807) is 5.57 Å². The lowest BCUT2D eigenvalue weighted by Gasteiger charge is -2.62. The molecule has 2 heterocycles. The number of hydrogen-bond donors (Lipinski definition) is 0. The zero-order chi connectivity index (χ0) is 19.7. The highest BCUT2D eigenvalue weighted by Crippen LogP contribution is 2.71. The van der Waals surface area contributed by atoms with Crippen LogP contribution in [0.3, 0.4) is 0 Å². The van der Waals surface area contributed by atoms with Crippen molar-refractivity contribution in [2.24, 2.45) is 34.5 Å². The SMILES string of the molecule is C/C=C1\C[C@@H]2[C@H](CC[C@]34C5OCCOC3(CC[C@@H]24)OCCO5)[C@@]2(C)CCCC[C@H]12. The van der Waals surface area contributed by atoms with E-state index in [4.69, 9.17) is 18.9 Å².